The lowest BCUT2D eigenvalue weighted by molar-refractivity contribution is -0.104. The van der Waals surface area contributed by atoms with Gasteiger partial charge in [-0.1, -0.05) is 30.3 Å². The van der Waals surface area contributed by atoms with Crippen LogP contribution in [0.25, 0.3) is 17.0 Å². The normalized spacial score (nSPS) is 11.4. The maximum Gasteiger partial charge on any atom is 0.226 e. The van der Waals surface area contributed by atoms with E-state index in [0.717, 1.165) is 40.2 Å². The van der Waals surface area contributed by atoms with Crippen molar-refractivity contribution in [1.82, 2.24) is 4.98 Å². The van der Waals surface area contributed by atoms with Gasteiger partial charge in [-0.3, -0.25) is 4.79 Å². The van der Waals surface area contributed by atoms with E-state index in [4.69, 9.17) is 9.15 Å². The number of hydrogen-bond donors (Lipinski definition) is 0. The quantitative estimate of drug-likeness (QED) is 0.479. The van der Waals surface area contributed by atoms with Crippen molar-refractivity contribution in [3.8, 4) is 17.2 Å². The van der Waals surface area contributed by atoms with Crippen LogP contribution >= 0.6 is 0 Å². The van der Waals surface area contributed by atoms with Gasteiger partial charge in [-0.2, -0.15) is 0 Å². The molecule has 1 heterocycles. The van der Waals surface area contributed by atoms with E-state index in [1.807, 2.05) is 68.4 Å². The number of aromatic nitrogens is 1. The fourth-order valence-corrected chi connectivity index (χ4v) is 2.43. The van der Waals surface area contributed by atoms with Crippen molar-refractivity contribution in [3.05, 3.63) is 77.7 Å². The first kappa shape index (κ1) is 16.7. The van der Waals surface area contributed by atoms with E-state index in [2.05, 4.69) is 4.98 Å². The molecule has 1 aromatic heterocycles. The largest absolute Gasteiger partial charge is 0.487 e. The zero-order chi connectivity index (χ0) is 17.6. The molecule has 25 heavy (non-hydrogen) atoms. The molecule has 2 aromatic carbocycles. The minimum atomic E-state index is 0.338. The van der Waals surface area contributed by atoms with E-state index < -0.39 is 0 Å². The van der Waals surface area contributed by atoms with E-state index >= 15 is 0 Å². The second-order valence-corrected chi connectivity index (χ2v) is 5.69. The molecule has 3 aromatic rings. The number of aldehydes is 1. The van der Waals surface area contributed by atoms with Crippen LogP contribution in [0, 0.1) is 6.92 Å². The summed E-state index contributed by atoms with van der Waals surface area (Å²) in [7, 11) is 0. The van der Waals surface area contributed by atoms with Gasteiger partial charge in [-0.05, 0) is 55.3 Å². The Bertz CT molecular complexity index is 877. The van der Waals surface area contributed by atoms with E-state index in [1.165, 1.54) is 0 Å². The van der Waals surface area contributed by atoms with Crippen LogP contribution in [0.2, 0.25) is 0 Å². The summed E-state index contributed by atoms with van der Waals surface area (Å²) in [5, 5.41) is 0. The molecule has 0 amide bonds. The maximum atomic E-state index is 10.5. The van der Waals surface area contributed by atoms with Crippen LogP contribution in [-0.4, -0.2) is 11.3 Å². The molecule has 4 nitrogen and oxygen atoms in total. The van der Waals surface area contributed by atoms with Crippen LogP contribution in [0.5, 0.6) is 5.75 Å². The van der Waals surface area contributed by atoms with E-state index in [1.54, 1.807) is 6.08 Å². The molecule has 0 spiro atoms. The lowest BCUT2D eigenvalue weighted by Crippen LogP contribution is -1.97. The minimum absolute atomic E-state index is 0.338. The van der Waals surface area contributed by atoms with Crippen LogP contribution < -0.4 is 4.74 Å². The number of ether oxygens (including phenoxy) is 1. The smallest absolute Gasteiger partial charge is 0.226 e. The van der Waals surface area contributed by atoms with Gasteiger partial charge in [0.2, 0.25) is 5.89 Å². The van der Waals surface area contributed by atoms with E-state index in [9.17, 15) is 4.79 Å². The number of carbonyl (C=O) groups is 1. The number of rotatable bonds is 6. The highest BCUT2D eigenvalue weighted by atomic mass is 16.5. The fourth-order valence-electron chi connectivity index (χ4n) is 2.43. The second kappa shape index (κ2) is 7.62. The minimum Gasteiger partial charge on any atom is -0.487 e. The van der Waals surface area contributed by atoms with Crippen molar-refractivity contribution in [3.63, 3.8) is 0 Å². The molecule has 4 heteroatoms. The first-order valence-corrected chi connectivity index (χ1v) is 8.04. The van der Waals surface area contributed by atoms with Crippen LogP contribution in [0.15, 0.2) is 65.1 Å². The lowest BCUT2D eigenvalue weighted by atomic mass is 10.1. The predicted molar refractivity (Wildman–Crippen MR) is 97.2 cm³/mol. The monoisotopic (exact) mass is 333 g/mol. The van der Waals surface area contributed by atoms with Gasteiger partial charge in [0.25, 0.3) is 0 Å². The molecule has 0 saturated heterocycles. The molecule has 0 atom stereocenters. The summed E-state index contributed by atoms with van der Waals surface area (Å²) in [5.41, 5.74) is 3.63. The Hall–Kier alpha value is -3.14. The Balaban J connectivity index is 1.69. The first-order valence-electron chi connectivity index (χ1n) is 8.04. The Morgan fingerprint density at radius 2 is 1.84 bits per heavy atom. The SMILES string of the molecule is C/C(=C\C=O)c1ccc(OCc2nc(-c3ccccc3)oc2C)cc1. The van der Waals surface area contributed by atoms with Crippen molar-refractivity contribution >= 4 is 11.9 Å². The summed E-state index contributed by atoms with van der Waals surface area (Å²) < 4.78 is 11.5. The number of benzene rings is 2. The molecule has 0 saturated carbocycles. The Morgan fingerprint density at radius 3 is 2.52 bits per heavy atom. The van der Waals surface area contributed by atoms with Crippen molar-refractivity contribution in [2.45, 2.75) is 20.5 Å². The van der Waals surface area contributed by atoms with Gasteiger partial charge < -0.3 is 9.15 Å². The average molecular weight is 333 g/mol. The molecule has 3 rings (SSSR count). The zero-order valence-electron chi connectivity index (χ0n) is 14.2. The second-order valence-electron chi connectivity index (χ2n) is 5.69. The number of nitrogens with zero attached hydrogens (tertiary/aromatic N) is 1. The molecule has 0 N–H and O–H groups in total. The molecule has 126 valence electrons. The van der Waals surface area contributed by atoms with Gasteiger partial charge in [-0.25, -0.2) is 4.98 Å². The van der Waals surface area contributed by atoms with Crippen molar-refractivity contribution in [2.24, 2.45) is 0 Å². The number of oxazole rings is 1. The standard InChI is InChI=1S/C21H19NO3/c1-15(12-13-23)17-8-10-19(11-9-17)24-14-20-16(2)25-21(22-20)18-6-4-3-5-7-18/h3-13H,14H2,1-2H3/b15-12+. The third-order valence-electron chi connectivity index (χ3n) is 3.92. The van der Waals surface area contributed by atoms with Gasteiger partial charge in [0.05, 0.1) is 0 Å². The molecule has 0 aliphatic carbocycles. The Morgan fingerprint density at radius 1 is 1.12 bits per heavy atom. The van der Waals surface area contributed by atoms with Gasteiger partial charge in [0.1, 0.15) is 30.1 Å². The summed E-state index contributed by atoms with van der Waals surface area (Å²) in [6.45, 7) is 4.12. The van der Waals surface area contributed by atoms with Crippen LogP contribution in [0.4, 0.5) is 0 Å². The first-order chi connectivity index (χ1) is 12.2. The fraction of sp³-hybridized carbons (Fsp3) is 0.143. The Labute approximate surface area is 146 Å². The molecule has 0 aliphatic heterocycles. The van der Waals surface area contributed by atoms with Gasteiger partial charge >= 0.3 is 0 Å². The topological polar surface area (TPSA) is 52.3 Å². The van der Waals surface area contributed by atoms with Crippen molar-refractivity contribution in [1.29, 1.82) is 0 Å². The highest BCUT2D eigenvalue weighted by molar-refractivity contribution is 5.80. The molecular formula is C21H19NO3. The molecule has 0 unspecified atom stereocenters. The van der Waals surface area contributed by atoms with Crippen LogP contribution in [0.1, 0.15) is 23.9 Å². The van der Waals surface area contributed by atoms with Crippen LogP contribution in [0.3, 0.4) is 0 Å². The maximum absolute atomic E-state index is 10.5. The third kappa shape index (κ3) is 4.04. The summed E-state index contributed by atoms with van der Waals surface area (Å²) >= 11 is 0. The van der Waals surface area contributed by atoms with Crippen LogP contribution in [-0.2, 0) is 11.4 Å². The third-order valence-corrected chi connectivity index (χ3v) is 3.92. The van der Waals surface area contributed by atoms with Gasteiger partial charge in [-0.15, -0.1) is 0 Å². The number of hydrogen-bond acceptors (Lipinski definition) is 4. The lowest BCUT2D eigenvalue weighted by Gasteiger charge is -2.06. The number of allylic oxidation sites excluding steroid dienone is 2. The zero-order valence-corrected chi connectivity index (χ0v) is 14.2. The Kier molecular flexibility index (Phi) is 5.09. The van der Waals surface area contributed by atoms with Crippen molar-refractivity contribution in [2.75, 3.05) is 0 Å². The number of aryl methyl sites for hydroxylation is 1. The highest BCUT2D eigenvalue weighted by Gasteiger charge is 2.11. The average Bonchev–Trinajstić information content (AvgIpc) is 3.02. The molecule has 0 bridgehead atoms. The summed E-state index contributed by atoms with van der Waals surface area (Å²) in [6.07, 6.45) is 2.33. The summed E-state index contributed by atoms with van der Waals surface area (Å²) in [6, 6.07) is 17.4. The molecular weight excluding hydrogens is 314 g/mol. The predicted octanol–water partition coefficient (Wildman–Crippen LogP) is 4.83. The van der Waals surface area contributed by atoms with E-state index in [-0.39, 0.29) is 0 Å². The summed E-state index contributed by atoms with van der Waals surface area (Å²) in [5.74, 6) is 2.09. The number of carbonyl (C=O) groups excluding carboxylic acids is 1. The molecule has 0 radical (unpaired) electrons. The van der Waals surface area contributed by atoms with E-state index in [0.29, 0.717) is 12.5 Å². The molecule has 0 fully saturated rings. The van der Waals surface area contributed by atoms with Gasteiger partial charge in [0.15, 0.2) is 0 Å². The molecule has 0 aliphatic rings. The summed E-state index contributed by atoms with van der Waals surface area (Å²) in [4.78, 5) is 15.1. The van der Waals surface area contributed by atoms with Gasteiger partial charge in [0, 0.05) is 5.56 Å². The van der Waals surface area contributed by atoms with Crippen molar-refractivity contribution < 1.29 is 13.9 Å². The highest BCUT2D eigenvalue weighted by Crippen LogP contribution is 2.23.